The highest BCUT2D eigenvalue weighted by atomic mass is 32.1. The number of hydrogen-bond acceptors (Lipinski definition) is 5. The van der Waals surface area contributed by atoms with Crippen molar-refractivity contribution in [2.75, 3.05) is 7.05 Å². The summed E-state index contributed by atoms with van der Waals surface area (Å²) in [6, 6.07) is 7.46. The summed E-state index contributed by atoms with van der Waals surface area (Å²) in [5.74, 6) is 4.72. The van der Waals surface area contributed by atoms with E-state index in [0.717, 1.165) is 12.2 Å². The van der Waals surface area contributed by atoms with Crippen LogP contribution in [0.1, 0.15) is 21.7 Å². The van der Waals surface area contributed by atoms with Gasteiger partial charge >= 0.3 is 0 Å². The van der Waals surface area contributed by atoms with Crippen LogP contribution in [0.25, 0.3) is 0 Å². The number of rotatable bonds is 5. The number of thiophene rings is 1. The second-order valence-corrected chi connectivity index (χ2v) is 5.07. The molecule has 2 aromatic rings. The molecule has 0 bridgehead atoms. The van der Waals surface area contributed by atoms with E-state index < -0.39 is 0 Å². The first kappa shape index (κ1) is 13.7. The number of nitrogen functional groups attached to an aromatic ring is 1. The number of aromatic nitrogens is 1. The Morgan fingerprint density at radius 1 is 1.42 bits per heavy atom. The number of pyridine rings is 1. The summed E-state index contributed by atoms with van der Waals surface area (Å²) in [5.41, 5.74) is 4.55. The molecule has 0 unspecified atom stereocenters. The fourth-order valence-electron chi connectivity index (χ4n) is 1.79. The lowest BCUT2D eigenvalue weighted by molar-refractivity contribution is 0.0948. The predicted molar refractivity (Wildman–Crippen MR) is 75.4 cm³/mol. The van der Waals surface area contributed by atoms with Gasteiger partial charge in [0.2, 0.25) is 0 Å². The minimum absolute atomic E-state index is 0.337. The maximum atomic E-state index is 11.4. The highest BCUT2D eigenvalue weighted by molar-refractivity contribution is 7.07. The largest absolute Gasteiger partial charge is 0.296 e. The quantitative estimate of drug-likeness (QED) is 0.492. The number of carbonyl (C=O) groups is 1. The number of hydrazine groups is 1. The van der Waals surface area contributed by atoms with Gasteiger partial charge in [-0.15, -0.1) is 0 Å². The molecule has 19 heavy (non-hydrogen) atoms. The van der Waals surface area contributed by atoms with Crippen molar-refractivity contribution in [2.45, 2.75) is 13.1 Å². The molecule has 0 aliphatic rings. The van der Waals surface area contributed by atoms with Crippen LogP contribution in [0.4, 0.5) is 0 Å². The molecule has 3 N–H and O–H groups in total. The Balaban J connectivity index is 2.00. The van der Waals surface area contributed by atoms with Crippen LogP contribution in [0.15, 0.2) is 35.0 Å². The van der Waals surface area contributed by atoms with E-state index in [0.29, 0.717) is 12.2 Å². The van der Waals surface area contributed by atoms with Gasteiger partial charge in [-0.3, -0.25) is 15.1 Å². The summed E-state index contributed by atoms with van der Waals surface area (Å²) in [7, 11) is 2.02. The molecule has 0 spiro atoms. The summed E-state index contributed by atoms with van der Waals surface area (Å²) in [6.45, 7) is 1.54. The molecule has 0 atom stereocenters. The summed E-state index contributed by atoms with van der Waals surface area (Å²) in [5, 5.41) is 4.19. The van der Waals surface area contributed by atoms with Crippen molar-refractivity contribution in [1.29, 1.82) is 0 Å². The Kier molecular flexibility index (Phi) is 4.62. The standard InChI is InChI=1S/C13H16N4OS/c1-17(7-10-5-6-19-9-10)8-11-3-2-4-12(15-11)13(18)16-14/h2-6,9H,7-8,14H2,1H3,(H,16,18). The fraction of sp³-hybridized carbons (Fsp3) is 0.231. The molecule has 2 rings (SSSR count). The Morgan fingerprint density at radius 2 is 2.26 bits per heavy atom. The summed E-state index contributed by atoms with van der Waals surface area (Å²) >= 11 is 1.69. The number of nitrogens with one attached hydrogen (secondary N) is 1. The summed E-state index contributed by atoms with van der Waals surface area (Å²) in [6.07, 6.45) is 0. The molecule has 0 aromatic carbocycles. The maximum absolute atomic E-state index is 11.4. The van der Waals surface area contributed by atoms with Crippen LogP contribution in [0.5, 0.6) is 0 Å². The van der Waals surface area contributed by atoms with E-state index >= 15 is 0 Å². The third-order valence-electron chi connectivity index (χ3n) is 2.64. The van der Waals surface area contributed by atoms with E-state index in [4.69, 9.17) is 5.84 Å². The number of hydrogen-bond donors (Lipinski definition) is 2. The number of amides is 1. The number of carbonyl (C=O) groups excluding carboxylic acids is 1. The van der Waals surface area contributed by atoms with Crippen molar-refractivity contribution >= 4 is 17.2 Å². The van der Waals surface area contributed by atoms with Crippen molar-refractivity contribution in [3.8, 4) is 0 Å². The molecule has 0 fully saturated rings. The van der Waals surface area contributed by atoms with Gasteiger partial charge in [-0.25, -0.2) is 10.8 Å². The molecule has 100 valence electrons. The molecule has 0 aliphatic heterocycles. The minimum atomic E-state index is -0.373. The predicted octanol–water partition coefficient (Wildman–Crippen LogP) is 1.38. The Bertz CT molecular complexity index is 541. The van der Waals surface area contributed by atoms with Crippen molar-refractivity contribution in [1.82, 2.24) is 15.3 Å². The van der Waals surface area contributed by atoms with Gasteiger partial charge in [-0.2, -0.15) is 11.3 Å². The highest BCUT2D eigenvalue weighted by Gasteiger charge is 2.08. The smallest absolute Gasteiger partial charge is 0.283 e. The minimum Gasteiger partial charge on any atom is -0.296 e. The highest BCUT2D eigenvalue weighted by Crippen LogP contribution is 2.10. The van der Waals surface area contributed by atoms with Gasteiger partial charge in [0.05, 0.1) is 5.69 Å². The van der Waals surface area contributed by atoms with Crippen LogP contribution in [-0.4, -0.2) is 22.8 Å². The molecule has 5 nitrogen and oxygen atoms in total. The SMILES string of the molecule is CN(Cc1ccsc1)Cc1cccc(C(=O)NN)n1. The topological polar surface area (TPSA) is 71.2 Å². The van der Waals surface area contributed by atoms with Gasteiger partial charge in [-0.05, 0) is 41.6 Å². The van der Waals surface area contributed by atoms with E-state index in [1.54, 1.807) is 17.4 Å². The third kappa shape index (κ3) is 3.85. The molecule has 0 aliphatic carbocycles. The second-order valence-electron chi connectivity index (χ2n) is 4.29. The molecule has 0 saturated carbocycles. The average molecular weight is 276 g/mol. The van der Waals surface area contributed by atoms with Gasteiger partial charge in [0, 0.05) is 13.1 Å². The lowest BCUT2D eigenvalue weighted by Crippen LogP contribution is -2.31. The second kappa shape index (κ2) is 6.42. The monoisotopic (exact) mass is 276 g/mol. The zero-order chi connectivity index (χ0) is 13.7. The summed E-state index contributed by atoms with van der Waals surface area (Å²) in [4.78, 5) is 17.8. The lowest BCUT2D eigenvalue weighted by atomic mass is 10.2. The van der Waals surface area contributed by atoms with E-state index in [9.17, 15) is 4.79 Å². The van der Waals surface area contributed by atoms with Gasteiger partial charge in [0.25, 0.3) is 5.91 Å². The zero-order valence-corrected chi connectivity index (χ0v) is 11.5. The molecule has 0 saturated heterocycles. The van der Waals surface area contributed by atoms with Crippen LogP contribution < -0.4 is 11.3 Å². The molecule has 1 amide bonds. The summed E-state index contributed by atoms with van der Waals surface area (Å²) < 4.78 is 0. The molecular weight excluding hydrogens is 260 g/mol. The molecular formula is C13H16N4OS. The van der Waals surface area contributed by atoms with Crippen molar-refractivity contribution in [3.63, 3.8) is 0 Å². The van der Waals surface area contributed by atoms with Crippen molar-refractivity contribution in [3.05, 3.63) is 52.0 Å². The van der Waals surface area contributed by atoms with Gasteiger partial charge < -0.3 is 0 Å². The molecule has 0 radical (unpaired) electrons. The van der Waals surface area contributed by atoms with Crippen LogP contribution in [-0.2, 0) is 13.1 Å². The Hall–Kier alpha value is -1.76. The average Bonchev–Trinajstić information content (AvgIpc) is 2.90. The lowest BCUT2D eigenvalue weighted by Gasteiger charge is -2.15. The third-order valence-corrected chi connectivity index (χ3v) is 3.37. The first-order valence-electron chi connectivity index (χ1n) is 5.85. The van der Waals surface area contributed by atoms with Crippen molar-refractivity contribution in [2.24, 2.45) is 5.84 Å². The first-order valence-corrected chi connectivity index (χ1v) is 6.80. The normalized spacial score (nSPS) is 10.7. The van der Waals surface area contributed by atoms with Crippen LogP contribution in [0.2, 0.25) is 0 Å². The Morgan fingerprint density at radius 3 is 2.95 bits per heavy atom. The Labute approximate surface area is 116 Å². The fourth-order valence-corrected chi connectivity index (χ4v) is 2.45. The zero-order valence-electron chi connectivity index (χ0n) is 10.7. The maximum Gasteiger partial charge on any atom is 0.283 e. The van der Waals surface area contributed by atoms with Crippen LogP contribution >= 0.6 is 11.3 Å². The van der Waals surface area contributed by atoms with E-state index in [1.165, 1.54) is 5.56 Å². The molecule has 6 heteroatoms. The molecule has 2 aromatic heterocycles. The van der Waals surface area contributed by atoms with E-state index in [2.05, 4.69) is 32.1 Å². The van der Waals surface area contributed by atoms with Gasteiger partial charge in [0.15, 0.2) is 0 Å². The van der Waals surface area contributed by atoms with Gasteiger partial charge in [0.1, 0.15) is 5.69 Å². The van der Waals surface area contributed by atoms with Crippen LogP contribution in [0, 0.1) is 0 Å². The van der Waals surface area contributed by atoms with E-state index in [1.807, 2.05) is 19.2 Å². The first-order chi connectivity index (χ1) is 9.19. The van der Waals surface area contributed by atoms with E-state index in [-0.39, 0.29) is 5.91 Å². The van der Waals surface area contributed by atoms with Gasteiger partial charge in [-0.1, -0.05) is 6.07 Å². The molecule has 2 heterocycles. The van der Waals surface area contributed by atoms with Crippen LogP contribution in [0.3, 0.4) is 0 Å². The number of nitrogens with two attached hydrogens (primary N) is 1. The van der Waals surface area contributed by atoms with Crippen molar-refractivity contribution < 1.29 is 4.79 Å². The number of nitrogens with zero attached hydrogens (tertiary/aromatic N) is 2.